The van der Waals surface area contributed by atoms with Crippen LogP contribution >= 0.6 is 0 Å². The fraction of sp³-hybridized carbons (Fsp3) is 0.562. The zero-order valence-corrected chi connectivity index (χ0v) is 23.8. The summed E-state index contributed by atoms with van der Waals surface area (Å²) in [7, 11) is 1.79. The van der Waals surface area contributed by atoms with Gasteiger partial charge in [-0.1, -0.05) is 24.3 Å². The molecular weight excluding hydrogens is 504 g/mol. The van der Waals surface area contributed by atoms with Crippen LogP contribution in [0, 0.1) is 5.41 Å². The Morgan fingerprint density at radius 1 is 1.07 bits per heavy atom. The Kier molecular flexibility index (Phi) is 7.59. The van der Waals surface area contributed by atoms with Gasteiger partial charge in [0, 0.05) is 64.5 Å². The summed E-state index contributed by atoms with van der Waals surface area (Å²) in [5, 5.41) is 14.6. The van der Waals surface area contributed by atoms with E-state index in [1.54, 1.807) is 18.1 Å². The normalized spacial score (nSPS) is 23.3. The smallest absolute Gasteiger partial charge is 0.256 e. The van der Waals surface area contributed by atoms with Crippen LogP contribution in [0.4, 0.5) is 5.69 Å². The van der Waals surface area contributed by atoms with Gasteiger partial charge in [-0.25, -0.2) is 0 Å². The van der Waals surface area contributed by atoms with Crippen LogP contribution in [-0.4, -0.2) is 91.3 Å². The third-order valence-corrected chi connectivity index (χ3v) is 9.88. The van der Waals surface area contributed by atoms with E-state index in [0.717, 1.165) is 64.0 Å². The molecule has 0 bridgehead atoms. The molecule has 1 saturated carbocycles. The molecule has 1 aliphatic carbocycles. The van der Waals surface area contributed by atoms with Gasteiger partial charge < -0.3 is 29.9 Å². The van der Waals surface area contributed by atoms with Gasteiger partial charge in [0.15, 0.2) is 0 Å². The molecule has 6 rings (SSSR count). The van der Waals surface area contributed by atoms with E-state index in [4.69, 9.17) is 4.74 Å². The Hall–Kier alpha value is -2.94. The van der Waals surface area contributed by atoms with Crippen molar-refractivity contribution in [2.75, 3.05) is 51.3 Å². The molecule has 3 aliphatic heterocycles. The fourth-order valence-corrected chi connectivity index (χ4v) is 7.20. The molecule has 0 radical (unpaired) electrons. The van der Waals surface area contributed by atoms with E-state index in [9.17, 15) is 14.7 Å². The van der Waals surface area contributed by atoms with E-state index in [0.29, 0.717) is 35.7 Å². The number of likely N-dealkylation sites (N-methyl/N-ethyl adjacent to an activating group) is 1. The van der Waals surface area contributed by atoms with Crippen molar-refractivity contribution in [3.05, 3.63) is 64.7 Å². The molecule has 2 unspecified atom stereocenters. The zero-order chi connectivity index (χ0) is 27.9. The Balaban J connectivity index is 1.14. The minimum Gasteiger partial charge on any atom is -0.390 e. The molecule has 1 saturated heterocycles. The molecule has 2 N–H and O–H groups in total. The lowest BCUT2D eigenvalue weighted by atomic mass is 9.61. The number of carbonyl (C=O) groups is 2. The van der Waals surface area contributed by atoms with Crippen LogP contribution in [-0.2, 0) is 17.7 Å². The van der Waals surface area contributed by atoms with Gasteiger partial charge in [-0.2, -0.15) is 0 Å². The number of rotatable bonds is 6. The lowest BCUT2D eigenvalue weighted by Crippen LogP contribution is -2.50. The molecule has 2 aromatic carbocycles. The lowest BCUT2D eigenvalue weighted by molar-refractivity contribution is -0.0841. The average molecular weight is 547 g/mol. The minimum absolute atomic E-state index is 0.0453. The SMILES string of the molecule is CCN1CCN(CC(O)C2Cc3ccccc3CN2)C(=O)c2ccc(C(=O)N3CCC4(CC3)CC(OC)C4)cc21. The number of nitrogens with zero attached hydrogens (tertiary/aromatic N) is 3. The highest BCUT2D eigenvalue weighted by molar-refractivity contribution is 6.03. The summed E-state index contributed by atoms with van der Waals surface area (Å²) in [5.41, 5.74) is 4.92. The second-order valence-corrected chi connectivity index (χ2v) is 12.1. The Morgan fingerprint density at radius 2 is 1.80 bits per heavy atom. The Bertz CT molecular complexity index is 1250. The van der Waals surface area contributed by atoms with Crippen molar-refractivity contribution in [3.63, 3.8) is 0 Å². The van der Waals surface area contributed by atoms with Gasteiger partial charge in [0.1, 0.15) is 0 Å². The number of ether oxygens (including phenoxy) is 1. The third kappa shape index (κ3) is 5.13. The van der Waals surface area contributed by atoms with Crippen LogP contribution < -0.4 is 10.2 Å². The maximum Gasteiger partial charge on any atom is 0.256 e. The zero-order valence-electron chi connectivity index (χ0n) is 23.8. The van der Waals surface area contributed by atoms with Crippen LogP contribution in [0.25, 0.3) is 0 Å². The highest BCUT2D eigenvalue weighted by atomic mass is 16.5. The van der Waals surface area contributed by atoms with Gasteiger partial charge in [0.2, 0.25) is 0 Å². The number of likely N-dealkylation sites (tertiary alicyclic amines) is 1. The van der Waals surface area contributed by atoms with Crippen molar-refractivity contribution in [1.82, 2.24) is 15.1 Å². The molecule has 2 atom stereocenters. The molecule has 3 heterocycles. The van der Waals surface area contributed by atoms with Gasteiger partial charge >= 0.3 is 0 Å². The number of fused-ring (bicyclic) bond motifs is 2. The first kappa shape index (κ1) is 27.2. The minimum atomic E-state index is -0.674. The molecule has 8 nitrogen and oxygen atoms in total. The van der Waals surface area contributed by atoms with E-state index in [-0.39, 0.29) is 24.4 Å². The van der Waals surface area contributed by atoms with Gasteiger partial charge in [-0.3, -0.25) is 9.59 Å². The number of aliphatic hydroxyl groups is 1. The topological polar surface area (TPSA) is 85.3 Å². The summed E-state index contributed by atoms with van der Waals surface area (Å²) in [4.78, 5) is 33.2. The van der Waals surface area contributed by atoms with Crippen molar-refractivity contribution in [1.29, 1.82) is 0 Å². The van der Waals surface area contributed by atoms with Crippen LogP contribution in [0.2, 0.25) is 0 Å². The number of aliphatic hydroxyl groups excluding tert-OH is 1. The maximum absolute atomic E-state index is 13.7. The molecule has 1 spiro atoms. The summed E-state index contributed by atoms with van der Waals surface area (Å²) < 4.78 is 5.49. The molecule has 8 heteroatoms. The highest BCUT2D eigenvalue weighted by Gasteiger charge is 2.46. The maximum atomic E-state index is 13.7. The quantitative estimate of drug-likeness (QED) is 0.580. The molecule has 2 aromatic rings. The average Bonchev–Trinajstić information content (AvgIpc) is 3.10. The number of piperidine rings is 1. The van der Waals surface area contributed by atoms with Crippen LogP contribution in [0.15, 0.2) is 42.5 Å². The number of hydrogen-bond donors (Lipinski definition) is 2. The predicted molar refractivity (Wildman–Crippen MR) is 155 cm³/mol. The van der Waals surface area contributed by atoms with Crippen molar-refractivity contribution < 1.29 is 19.4 Å². The standard InChI is InChI=1S/C32H42N4O4/c1-3-34-14-15-36(21-29(37)27-16-22-6-4-5-7-24(22)20-33-27)31(39)26-9-8-23(17-28(26)34)30(38)35-12-10-32(11-13-35)18-25(19-32)40-2/h4-9,17,25,27,29,33,37H,3,10-16,18-21H2,1-2H3. The molecular formula is C32H42N4O4. The number of β-amino-alcohol motifs (C(OH)–C–C–N with tert-alkyl or cyclic N) is 1. The summed E-state index contributed by atoms with van der Waals surface area (Å²) >= 11 is 0. The van der Waals surface area contributed by atoms with E-state index >= 15 is 0 Å². The van der Waals surface area contributed by atoms with E-state index in [1.807, 2.05) is 29.2 Å². The number of hydrogen-bond acceptors (Lipinski definition) is 6. The number of benzene rings is 2. The molecule has 2 fully saturated rings. The van der Waals surface area contributed by atoms with Crippen molar-refractivity contribution >= 4 is 17.5 Å². The van der Waals surface area contributed by atoms with Crippen LogP contribution in [0.1, 0.15) is 64.4 Å². The highest BCUT2D eigenvalue weighted by Crippen LogP contribution is 2.50. The molecule has 4 aliphatic rings. The molecule has 40 heavy (non-hydrogen) atoms. The third-order valence-electron chi connectivity index (χ3n) is 9.88. The first-order valence-corrected chi connectivity index (χ1v) is 14.9. The fourth-order valence-electron chi connectivity index (χ4n) is 7.20. The first-order chi connectivity index (χ1) is 19.4. The number of anilines is 1. The number of carbonyl (C=O) groups excluding carboxylic acids is 2. The lowest BCUT2D eigenvalue weighted by Gasteiger charge is -2.51. The first-order valence-electron chi connectivity index (χ1n) is 14.9. The van der Waals surface area contributed by atoms with Crippen LogP contribution in [0.3, 0.4) is 0 Å². The number of amides is 2. The largest absolute Gasteiger partial charge is 0.390 e. The van der Waals surface area contributed by atoms with Gasteiger partial charge in [0.25, 0.3) is 11.8 Å². The van der Waals surface area contributed by atoms with Crippen LogP contribution in [0.5, 0.6) is 0 Å². The number of methoxy groups -OCH3 is 1. The Morgan fingerprint density at radius 3 is 2.52 bits per heavy atom. The molecule has 214 valence electrons. The summed E-state index contributed by atoms with van der Waals surface area (Å²) in [5.74, 6) is -0.0400. The van der Waals surface area contributed by atoms with Gasteiger partial charge in [-0.15, -0.1) is 0 Å². The Labute approximate surface area is 237 Å². The van der Waals surface area contributed by atoms with E-state index < -0.39 is 6.10 Å². The van der Waals surface area contributed by atoms with E-state index in [1.165, 1.54) is 11.1 Å². The predicted octanol–water partition coefficient (Wildman–Crippen LogP) is 3.08. The van der Waals surface area contributed by atoms with Gasteiger partial charge in [-0.05, 0) is 73.8 Å². The monoisotopic (exact) mass is 546 g/mol. The number of nitrogens with one attached hydrogen (secondary N) is 1. The van der Waals surface area contributed by atoms with Crippen molar-refractivity contribution in [2.24, 2.45) is 5.41 Å². The molecule has 0 aromatic heterocycles. The van der Waals surface area contributed by atoms with Gasteiger partial charge in [0.05, 0.1) is 23.5 Å². The van der Waals surface area contributed by atoms with Crippen molar-refractivity contribution in [3.8, 4) is 0 Å². The second-order valence-electron chi connectivity index (χ2n) is 12.1. The summed E-state index contributed by atoms with van der Waals surface area (Å²) in [6.45, 7) is 6.54. The second kappa shape index (κ2) is 11.1. The molecule has 2 amide bonds. The van der Waals surface area contributed by atoms with E-state index in [2.05, 4.69) is 29.3 Å². The summed E-state index contributed by atoms with van der Waals surface area (Å²) in [6.07, 6.45) is 4.71. The van der Waals surface area contributed by atoms with Crippen molar-refractivity contribution in [2.45, 2.75) is 63.8 Å². The summed E-state index contributed by atoms with van der Waals surface area (Å²) in [6, 6.07) is 13.7.